The summed E-state index contributed by atoms with van der Waals surface area (Å²) in [4.78, 5) is 14.2. The van der Waals surface area contributed by atoms with Gasteiger partial charge in [-0.05, 0) is 18.2 Å². The van der Waals surface area contributed by atoms with Crippen LogP contribution in [0.3, 0.4) is 0 Å². The van der Waals surface area contributed by atoms with Crippen molar-refractivity contribution >= 4 is 11.1 Å². The molecule has 1 unspecified atom stereocenters. The lowest BCUT2D eigenvalue weighted by Gasteiger charge is -1.97. The average molecular weight is 204 g/mol. The van der Waals surface area contributed by atoms with Gasteiger partial charge < -0.3 is 4.42 Å². The Balaban J connectivity index is 2.52. The number of nitro groups is 1. The summed E-state index contributed by atoms with van der Waals surface area (Å²) in [5.74, 6) is 0.0659. The highest BCUT2D eigenvalue weighted by molar-refractivity contribution is 5.72. The minimum absolute atomic E-state index is 0.0659. The van der Waals surface area contributed by atoms with E-state index < -0.39 is 11.0 Å². The smallest absolute Gasteiger partial charge is 0.305 e. The van der Waals surface area contributed by atoms with Crippen LogP contribution >= 0.6 is 0 Å². The molecule has 1 atom stereocenters. The maximum absolute atomic E-state index is 10.6. The van der Waals surface area contributed by atoms with Gasteiger partial charge >= 0.3 is 6.04 Å². The molecule has 5 heteroatoms. The molecule has 0 saturated heterocycles. The number of rotatable bonds is 3. The van der Waals surface area contributed by atoms with Crippen LogP contribution in [-0.4, -0.2) is 9.91 Å². The Morgan fingerprint density at radius 1 is 1.53 bits per heavy atom. The summed E-state index contributed by atoms with van der Waals surface area (Å²) >= 11 is 0. The van der Waals surface area contributed by atoms with Gasteiger partial charge in [-0.2, -0.15) is 0 Å². The highest BCUT2D eigenvalue weighted by Crippen LogP contribution is 2.22. The maximum Gasteiger partial charge on any atom is 0.305 e. The van der Waals surface area contributed by atoms with Crippen LogP contribution in [0.2, 0.25) is 0 Å². The average Bonchev–Trinajstić information content (AvgIpc) is 2.61. The molecule has 0 saturated carbocycles. The zero-order chi connectivity index (χ0) is 10.8. The third kappa shape index (κ3) is 1.59. The highest BCUT2D eigenvalue weighted by atomic mass is 16.6. The zero-order valence-corrected chi connectivity index (χ0v) is 7.79. The summed E-state index contributed by atoms with van der Waals surface area (Å²) in [6.45, 7) is 3.39. The van der Waals surface area contributed by atoms with Gasteiger partial charge in [0.2, 0.25) is 0 Å². The van der Waals surface area contributed by atoms with Crippen molar-refractivity contribution in [3.63, 3.8) is 0 Å². The summed E-state index contributed by atoms with van der Waals surface area (Å²) in [7, 11) is 0. The molecule has 2 aromatic rings. The third-order valence-corrected chi connectivity index (χ3v) is 2.01. The van der Waals surface area contributed by atoms with E-state index in [0.29, 0.717) is 11.1 Å². The summed E-state index contributed by atoms with van der Waals surface area (Å²) in [5, 5.41) is 10.6. The van der Waals surface area contributed by atoms with Crippen LogP contribution in [-0.2, 0) is 0 Å². The monoisotopic (exact) mass is 204 g/mol. The van der Waals surface area contributed by atoms with Crippen LogP contribution in [0.5, 0.6) is 0 Å². The van der Waals surface area contributed by atoms with E-state index >= 15 is 0 Å². The molecule has 0 radical (unpaired) electrons. The molecule has 1 aromatic heterocycles. The van der Waals surface area contributed by atoms with Gasteiger partial charge in [0, 0.05) is 4.92 Å². The lowest BCUT2D eigenvalue weighted by molar-refractivity contribution is -0.518. The molecule has 15 heavy (non-hydrogen) atoms. The van der Waals surface area contributed by atoms with Gasteiger partial charge in [-0.3, -0.25) is 10.1 Å². The molecular weight excluding hydrogens is 196 g/mol. The van der Waals surface area contributed by atoms with E-state index in [2.05, 4.69) is 11.6 Å². The van der Waals surface area contributed by atoms with Crippen LogP contribution < -0.4 is 0 Å². The Bertz CT molecular complexity index is 485. The standard InChI is InChI=1S/C10H8N2O3/c1-2-8(12(13)14)10-11-7-5-3-4-6-9(7)15-10/h2-6,8H,1H2. The van der Waals surface area contributed by atoms with Gasteiger partial charge in [-0.1, -0.05) is 18.7 Å². The molecule has 1 aromatic carbocycles. The summed E-state index contributed by atoms with van der Waals surface area (Å²) in [6, 6.07) is 5.95. The Labute approximate surface area is 85.2 Å². The van der Waals surface area contributed by atoms with Gasteiger partial charge in [0.1, 0.15) is 5.52 Å². The normalized spacial score (nSPS) is 12.5. The number of para-hydroxylation sites is 2. The fourth-order valence-corrected chi connectivity index (χ4v) is 1.29. The number of aromatic nitrogens is 1. The largest absolute Gasteiger partial charge is 0.434 e. The molecule has 0 amide bonds. The van der Waals surface area contributed by atoms with Crippen molar-refractivity contribution in [3.8, 4) is 0 Å². The zero-order valence-electron chi connectivity index (χ0n) is 7.79. The van der Waals surface area contributed by atoms with Crippen LogP contribution in [0, 0.1) is 10.1 Å². The van der Waals surface area contributed by atoms with Gasteiger partial charge in [-0.15, -0.1) is 0 Å². The quantitative estimate of drug-likeness (QED) is 0.437. The van der Waals surface area contributed by atoms with Crippen LogP contribution in [0.25, 0.3) is 11.1 Å². The second-order valence-corrected chi connectivity index (χ2v) is 2.99. The number of benzene rings is 1. The summed E-state index contributed by atoms with van der Waals surface area (Å²) in [5.41, 5.74) is 1.16. The third-order valence-electron chi connectivity index (χ3n) is 2.01. The van der Waals surface area contributed by atoms with E-state index in [1.54, 1.807) is 24.3 Å². The van der Waals surface area contributed by atoms with Crippen molar-refractivity contribution in [2.45, 2.75) is 6.04 Å². The van der Waals surface area contributed by atoms with E-state index in [-0.39, 0.29) is 5.89 Å². The minimum Gasteiger partial charge on any atom is -0.434 e. The molecular formula is C10H8N2O3. The van der Waals surface area contributed by atoms with E-state index in [9.17, 15) is 10.1 Å². The minimum atomic E-state index is -1.09. The number of hydrogen-bond acceptors (Lipinski definition) is 4. The Hall–Kier alpha value is -2.17. The lowest BCUT2D eigenvalue weighted by Crippen LogP contribution is -2.07. The number of fused-ring (bicyclic) bond motifs is 1. The Morgan fingerprint density at radius 2 is 2.27 bits per heavy atom. The lowest BCUT2D eigenvalue weighted by atomic mass is 10.3. The topological polar surface area (TPSA) is 69.2 Å². The molecule has 0 N–H and O–H groups in total. The molecule has 76 valence electrons. The van der Waals surface area contributed by atoms with Crippen LogP contribution in [0.4, 0.5) is 0 Å². The number of hydrogen-bond donors (Lipinski definition) is 0. The van der Waals surface area contributed by atoms with Gasteiger partial charge in [0.15, 0.2) is 5.58 Å². The fourth-order valence-electron chi connectivity index (χ4n) is 1.29. The van der Waals surface area contributed by atoms with Crippen molar-refractivity contribution in [2.75, 3.05) is 0 Å². The molecule has 1 heterocycles. The van der Waals surface area contributed by atoms with Crippen LogP contribution in [0.1, 0.15) is 11.9 Å². The van der Waals surface area contributed by atoms with E-state index in [4.69, 9.17) is 4.42 Å². The molecule has 0 aliphatic heterocycles. The van der Waals surface area contributed by atoms with Gasteiger partial charge in [-0.25, -0.2) is 4.98 Å². The predicted molar refractivity (Wildman–Crippen MR) is 53.9 cm³/mol. The maximum atomic E-state index is 10.6. The fraction of sp³-hybridized carbons (Fsp3) is 0.100. The molecule has 2 rings (SSSR count). The first-order chi connectivity index (χ1) is 7.22. The van der Waals surface area contributed by atoms with E-state index in [1.807, 2.05) is 0 Å². The van der Waals surface area contributed by atoms with Gasteiger partial charge in [0.05, 0.1) is 0 Å². The van der Waals surface area contributed by atoms with Crippen molar-refractivity contribution in [1.82, 2.24) is 4.98 Å². The molecule has 0 spiro atoms. The molecule has 0 aliphatic carbocycles. The molecule has 0 bridgehead atoms. The first kappa shape index (κ1) is 9.39. The first-order valence-electron chi connectivity index (χ1n) is 4.34. The van der Waals surface area contributed by atoms with Crippen molar-refractivity contribution in [3.05, 3.63) is 52.9 Å². The van der Waals surface area contributed by atoms with E-state index in [0.717, 1.165) is 0 Å². The van der Waals surface area contributed by atoms with E-state index in [1.165, 1.54) is 6.08 Å². The molecule has 0 aliphatic rings. The summed E-state index contributed by atoms with van der Waals surface area (Å²) < 4.78 is 5.26. The number of oxazole rings is 1. The Kier molecular flexibility index (Phi) is 2.21. The van der Waals surface area contributed by atoms with Crippen molar-refractivity contribution in [1.29, 1.82) is 0 Å². The second-order valence-electron chi connectivity index (χ2n) is 2.99. The number of nitrogens with zero attached hydrogens (tertiary/aromatic N) is 2. The summed E-state index contributed by atoms with van der Waals surface area (Å²) in [6.07, 6.45) is 1.20. The van der Waals surface area contributed by atoms with Crippen LogP contribution in [0.15, 0.2) is 41.3 Å². The van der Waals surface area contributed by atoms with Crippen molar-refractivity contribution < 1.29 is 9.34 Å². The molecule has 0 fully saturated rings. The second kappa shape index (κ2) is 3.53. The SMILES string of the molecule is C=CC(c1nc2ccccc2o1)[N+](=O)[O-]. The van der Waals surface area contributed by atoms with Gasteiger partial charge in [0.25, 0.3) is 5.89 Å². The molecule has 5 nitrogen and oxygen atoms in total. The van der Waals surface area contributed by atoms with Crippen molar-refractivity contribution in [2.24, 2.45) is 0 Å². The Morgan fingerprint density at radius 3 is 2.87 bits per heavy atom. The predicted octanol–water partition coefficient (Wildman–Crippen LogP) is 2.33. The first-order valence-corrected chi connectivity index (χ1v) is 4.34. The highest BCUT2D eigenvalue weighted by Gasteiger charge is 2.24.